The summed E-state index contributed by atoms with van der Waals surface area (Å²) in [6.45, 7) is 9.74. The molecule has 6 nitrogen and oxygen atoms in total. The molecule has 0 atom stereocenters. The van der Waals surface area contributed by atoms with Gasteiger partial charge in [-0.1, -0.05) is 48.6 Å². The molecule has 0 aliphatic heterocycles. The molecule has 0 saturated carbocycles. The summed E-state index contributed by atoms with van der Waals surface area (Å²) in [5, 5.41) is 5.64. The lowest BCUT2D eigenvalue weighted by Gasteiger charge is -2.30. The molecule has 0 aromatic heterocycles. The van der Waals surface area contributed by atoms with Crippen LogP contribution in [-0.4, -0.2) is 51.1 Å². The van der Waals surface area contributed by atoms with Crippen molar-refractivity contribution in [2.24, 2.45) is 0 Å². The summed E-state index contributed by atoms with van der Waals surface area (Å²) in [7, 11) is 0. The number of carbonyl (C=O) groups excluding carboxylic acids is 2. The molecule has 2 aromatic carbocycles. The monoisotopic (exact) mass is 406 g/mol. The Bertz CT molecular complexity index is 739. The molecule has 2 N–H and O–H groups in total. The van der Waals surface area contributed by atoms with E-state index in [1.807, 2.05) is 70.5 Å². The summed E-state index contributed by atoms with van der Waals surface area (Å²) in [5.74, 6) is -0.150. The van der Waals surface area contributed by atoms with Crippen LogP contribution in [0.25, 0.3) is 0 Å². The van der Waals surface area contributed by atoms with Crippen LogP contribution in [0, 0.1) is 0 Å². The number of rotatable bonds is 13. The molecule has 2 amide bonds. The number of anilines is 2. The Labute approximate surface area is 178 Å². The van der Waals surface area contributed by atoms with Gasteiger partial charge < -0.3 is 20.4 Å². The summed E-state index contributed by atoms with van der Waals surface area (Å²) in [6.07, 6.45) is 3.31. The maximum atomic E-state index is 12.3. The summed E-state index contributed by atoms with van der Waals surface area (Å²) < 4.78 is 0. The predicted octanol–water partition coefficient (Wildman–Crippen LogP) is 2.60. The molecule has 0 saturated heterocycles. The molecule has 0 unspecified atom stereocenters. The van der Waals surface area contributed by atoms with E-state index in [0.717, 1.165) is 11.4 Å². The third-order valence-electron chi connectivity index (χ3n) is 4.44. The van der Waals surface area contributed by atoms with Crippen LogP contribution >= 0.6 is 0 Å². The number of carbonyl (C=O) groups is 2. The van der Waals surface area contributed by atoms with Crippen molar-refractivity contribution in [1.82, 2.24) is 10.6 Å². The lowest BCUT2D eigenvalue weighted by Crippen LogP contribution is -2.44. The molecule has 0 radical (unpaired) electrons. The molecule has 2 aromatic rings. The molecule has 0 spiro atoms. The van der Waals surface area contributed by atoms with Crippen molar-refractivity contribution in [2.45, 2.75) is 0 Å². The van der Waals surface area contributed by atoms with Crippen molar-refractivity contribution in [3.63, 3.8) is 0 Å². The minimum atomic E-state index is -0.0752. The SMILES string of the molecule is C=CCNC(=O)CN(CCN(CC(=O)NCC=C)c1ccccc1)c1ccccc1. The van der Waals surface area contributed by atoms with E-state index in [-0.39, 0.29) is 24.9 Å². The van der Waals surface area contributed by atoms with E-state index in [2.05, 4.69) is 23.8 Å². The average Bonchev–Trinajstić information content (AvgIpc) is 2.79. The van der Waals surface area contributed by atoms with Crippen LogP contribution in [0.4, 0.5) is 11.4 Å². The van der Waals surface area contributed by atoms with E-state index in [1.54, 1.807) is 12.2 Å². The van der Waals surface area contributed by atoms with Gasteiger partial charge in [-0.25, -0.2) is 0 Å². The third kappa shape index (κ3) is 7.83. The van der Waals surface area contributed by atoms with Gasteiger partial charge in [0, 0.05) is 37.6 Å². The van der Waals surface area contributed by atoms with Gasteiger partial charge in [0.05, 0.1) is 13.1 Å². The molecule has 0 heterocycles. The van der Waals surface area contributed by atoms with Gasteiger partial charge in [0.25, 0.3) is 0 Å². The Morgan fingerprint density at radius 2 is 1.07 bits per heavy atom. The minimum absolute atomic E-state index is 0.0752. The number of hydrogen-bond donors (Lipinski definition) is 2. The van der Waals surface area contributed by atoms with Crippen molar-refractivity contribution in [2.75, 3.05) is 49.1 Å². The first kappa shape index (κ1) is 22.7. The van der Waals surface area contributed by atoms with E-state index in [9.17, 15) is 9.59 Å². The molecule has 0 aliphatic carbocycles. The van der Waals surface area contributed by atoms with Crippen molar-refractivity contribution >= 4 is 23.2 Å². The van der Waals surface area contributed by atoms with E-state index in [0.29, 0.717) is 26.2 Å². The van der Waals surface area contributed by atoms with E-state index >= 15 is 0 Å². The van der Waals surface area contributed by atoms with Crippen LogP contribution in [0.3, 0.4) is 0 Å². The summed E-state index contributed by atoms with van der Waals surface area (Å²) in [4.78, 5) is 28.6. The summed E-state index contributed by atoms with van der Waals surface area (Å²) in [6, 6.07) is 19.6. The van der Waals surface area contributed by atoms with Crippen molar-refractivity contribution in [3.8, 4) is 0 Å². The average molecular weight is 407 g/mol. The van der Waals surface area contributed by atoms with Gasteiger partial charge in [-0.15, -0.1) is 13.2 Å². The fraction of sp³-hybridized carbons (Fsp3) is 0.250. The smallest absolute Gasteiger partial charge is 0.239 e. The standard InChI is InChI=1S/C24H30N4O2/c1-3-15-25-23(29)19-27(21-11-7-5-8-12-21)17-18-28(20-24(30)26-16-4-2)22-13-9-6-10-14-22/h3-14H,1-2,15-20H2,(H,25,29)(H,26,30). The number of amides is 2. The van der Waals surface area contributed by atoms with Crippen LogP contribution < -0.4 is 20.4 Å². The first-order valence-corrected chi connectivity index (χ1v) is 9.99. The fourth-order valence-corrected chi connectivity index (χ4v) is 2.95. The van der Waals surface area contributed by atoms with Crippen molar-refractivity contribution < 1.29 is 9.59 Å². The molecule has 30 heavy (non-hydrogen) atoms. The predicted molar refractivity (Wildman–Crippen MR) is 124 cm³/mol. The highest BCUT2D eigenvalue weighted by Gasteiger charge is 2.16. The maximum Gasteiger partial charge on any atom is 0.239 e. The Morgan fingerprint density at radius 3 is 1.40 bits per heavy atom. The normalized spacial score (nSPS) is 10.0. The highest BCUT2D eigenvalue weighted by atomic mass is 16.2. The molecule has 0 bridgehead atoms. The number of nitrogens with zero attached hydrogens (tertiary/aromatic N) is 2. The van der Waals surface area contributed by atoms with Gasteiger partial charge >= 0.3 is 0 Å². The zero-order valence-electron chi connectivity index (χ0n) is 17.3. The number of benzene rings is 2. The molecule has 6 heteroatoms. The third-order valence-corrected chi connectivity index (χ3v) is 4.44. The molecule has 0 fully saturated rings. The molecular formula is C24H30N4O2. The quantitative estimate of drug-likeness (QED) is 0.502. The van der Waals surface area contributed by atoms with Crippen molar-refractivity contribution in [3.05, 3.63) is 86.0 Å². The van der Waals surface area contributed by atoms with E-state index in [4.69, 9.17) is 0 Å². The summed E-state index contributed by atoms with van der Waals surface area (Å²) >= 11 is 0. The molecule has 2 rings (SSSR count). The number of hydrogen-bond acceptors (Lipinski definition) is 4. The lowest BCUT2D eigenvalue weighted by molar-refractivity contribution is -0.120. The van der Waals surface area contributed by atoms with Gasteiger partial charge in [0.1, 0.15) is 0 Å². The van der Waals surface area contributed by atoms with Crippen LogP contribution in [0.1, 0.15) is 0 Å². The molecular weight excluding hydrogens is 376 g/mol. The van der Waals surface area contributed by atoms with Gasteiger partial charge in [-0.05, 0) is 24.3 Å². The number of para-hydroxylation sites is 2. The zero-order chi connectivity index (χ0) is 21.6. The van der Waals surface area contributed by atoms with E-state index < -0.39 is 0 Å². The molecule has 158 valence electrons. The highest BCUT2D eigenvalue weighted by Crippen LogP contribution is 2.16. The number of nitrogens with one attached hydrogen (secondary N) is 2. The topological polar surface area (TPSA) is 64.7 Å². The second-order valence-corrected chi connectivity index (χ2v) is 6.70. The largest absolute Gasteiger partial charge is 0.360 e. The van der Waals surface area contributed by atoms with Crippen LogP contribution in [0.5, 0.6) is 0 Å². The van der Waals surface area contributed by atoms with Crippen molar-refractivity contribution in [1.29, 1.82) is 0 Å². The second kappa shape index (κ2) is 12.8. The second-order valence-electron chi connectivity index (χ2n) is 6.70. The Kier molecular flexibility index (Phi) is 9.73. The Hall–Kier alpha value is -3.54. The van der Waals surface area contributed by atoms with E-state index in [1.165, 1.54) is 0 Å². The summed E-state index contributed by atoms with van der Waals surface area (Å²) in [5.41, 5.74) is 1.91. The minimum Gasteiger partial charge on any atom is -0.360 e. The Balaban J connectivity index is 2.12. The van der Waals surface area contributed by atoms with Crippen LogP contribution in [0.15, 0.2) is 86.0 Å². The maximum absolute atomic E-state index is 12.3. The van der Waals surface area contributed by atoms with Gasteiger partial charge in [0.15, 0.2) is 0 Å². The zero-order valence-corrected chi connectivity index (χ0v) is 17.3. The van der Waals surface area contributed by atoms with Crippen LogP contribution in [-0.2, 0) is 9.59 Å². The van der Waals surface area contributed by atoms with Gasteiger partial charge in [-0.3, -0.25) is 9.59 Å². The van der Waals surface area contributed by atoms with Gasteiger partial charge in [0.2, 0.25) is 11.8 Å². The molecule has 0 aliphatic rings. The first-order valence-electron chi connectivity index (χ1n) is 9.99. The highest BCUT2D eigenvalue weighted by molar-refractivity contribution is 5.82. The Morgan fingerprint density at radius 1 is 0.700 bits per heavy atom. The first-order chi connectivity index (χ1) is 14.6. The lowest BCUT2D eigenvalue weighted by atomic mass is 10.2. The van der Waals surface area contributed by atoms with Gasteiger partial charge in [-0.2, -0.15) is 0 Å². The van der Waals surface area contributed by atoms with Crippen LogP contribution in [0.2, 0.25) is 0 Å². The fourth-order valence-electron chi connectivity index (χ4n) is 2.95.